The number of nitro groups is 1. The van der Waals surface area contributed by atoms with Gasteiger partial charge < -0.3 is 10.1 Å². The van der Waals surface area contributed by atoms with Crippen LogP contribution in [0.15, 0.2) is 16.6 Å². The predicted octanol–water partition coefficient (Wildman–Crippen LogP) is 6.38. The second-order valence-electron chi connectivity index (χ2n) is 9.08. The minimum Gasteiger partial charge on any atom is -0.378 e. The Morgan fingerprint density at radius 3 is 2.41 bits per heavy atom. The predicted molar refractivity (Wildman–Crippen MR) is 121 cm³/mol. The van der Waals surface area contributed by atoms with Crippen molar-refractivity contribution in [1.29, 1.82) is 0 Å². The molecule has 1 N–H and O–H groups in total. The van der Waals surface area contributed by atoms with E-state index in [-0.39, 0.29) is 21.7 Å². The normalized spacial score (nSPS) is 25.6. The van der Waals surface area contributed by atoms with Crippen molar-refractivity contribution in [3.8, 4) is 0 Å². The SMILES string of the molecule is CCCO[C@H]1CC[C@](C)(N2CCC(Nc3cc(Br)c(C(F)(F)F)cc3[N+](=O)[O-])CC2)CC1. The Bertz CT molecular complexity index is 806. The zero-order valence-electron chi connectivity index (χ0n) is 18.5. The molecule has 1 aromatic carbocycles. The monoisotopic (exact) mass is 521 g/mol. The highest BCUT2D eigenvalue weighted by Crippen LogP contribution is 2.41. The second kappa shape index (κ2) is 10.3. The summed E-state index contributed by atoms with van der Waals surface area (Å²) in [4.78, 5) is 13.1. The number of hydrogen-bond acceptors (Lipinski definition) is 5. The minimum absolute atomic E-state index is 0.0265. The molecule has 0 amide bonds. The van der Waals surface area contributed by atoms with Crippen molar-refractivity contribution in [3.63, 3.8) is 0 Å². The lowest BCUT2D eigenvalue weighted by atomic mass is 9.79. The first-order valence-corrected chi connectivity index (χ1v) is 12.0. The fourth-order valence-electron chi connectivity index (χ4n) is 4.81. The van der Waals surface area contributed by atoms with Crippen LogP contribution in [0.4, 0.5) is 24.5 Å². The third-order valence-electron chi connectivity index (χ3n) is 6.77. The molecule has 1 aliphatic heterocycles. The topological polar surface area (TPSA) is 67.6 Å². The summed E-state index contributed by atoms with van der Waals surface area (Å²) in [6.07, 6.45) is 2.54. The number of hydrogen-bond donors (Lipinski definition) is 1. The first-order chi connectivity index (χ1) is 15.0. The summed E-state index contributed by atoms with van der Waals surface area (Å²) >= 11 is 2.92. The number of nitrogens with zero attached hydrogens (tertiary/aromatic N) is 2. The number of nitro benzene ring substituents is 1. The highest BCUT2D eigenvalue weighted by molar-refractivity contribution is 9.10. The number of ether oxygens (including phenoxy) is 1. The molecule has 0 aromatic heterocycles. The first-order valence-electron chi connectivity index (χ1n) is 11.2. The number of benzene rings is 1. The molecule has 1 aliphatic carbocycles. The van der Waals surface area contributed by atoms with Gasteiger partial charge in [0.25, 0.3) is 5.69 Å². The molecule has 0 atom stereocenters. The molecule has 0 unspecified atom stereocenters. The second-order valence-corrected chi connectivity index (χ2v) is 9.93. The maximum atomic E-state index is 13.1. The largest absolute Gasteiger partial charge is 0.417 e. The van der Waals surface area contributed by atoms with Crippen molar-refractivity contribution in [2.75, 3.05) is 25.0 Å². The molecule has 32 heavy (non-hydrogen) atoms. The lowest BCUT2D eigenvalue weighted by molar-refractivity contribution is -0.384. The molecule has 6 nitrogen and oxygen atoms in total. The van der Waals surface area contributed by atoms with Gasteiger partial charge in [0, 0.05) is 41.8 Å². The fraction of sp³-hybridized carbons (Fsp3) is 0.727. The molecule has 2 aliphatic rings. The van der Waals surface area contributed by atoms with Crippen LogP contribution in [0.1, 0.15) is 64.4 Å². The van der Waals surface area contributed by atoms with Gasteiger partial charge in [0.1, 0.15) is 5.69 Å². The summed E-state index contributed by atoms with van der Waals surface area (Å²) < 4.78 is 45.1. The zero-order valence-corrected chi connectivity index (χ0v) is 20.1. The van der Waals surface area contributed by atoms with Gasteiger partial charge in [-0.2, -0.15) is 13.2 Å². The van der Waals surface area contributed by atoms with Gasteiger partial charge >= 0.3 is 6.18 Å². The summed E-state index contributed by atoms with van der Waals surface area (Å²) in [5.74, 6) is 0. The molecule has 0 spiro atoms. The Kier molecular flexibility index (Phi) is 8.09. The van der Waals surface area contributed by atoms with Gasteiger partial charge in [-0.15, -0.1) is 0 Å². The van der Waals surface area contributed by atoms with Gasteiger partial charge in [-0.1, -0.05) is 22.9 Å². The summed E-state index contributed by atoms with van der Waals surface area (Å²) in [6.45, 7) is 6.93. The van der Waals surface area contributed by atoms with Crippen LogP contribution >= 0.6 is 15.9 Å². The number of piperidine rings is 1. The number of likely N-dealkylation sites (tertiary alicyclic amines) is 1. The summed E-state index contributed by atoms with van der Waals surface area (Å²) in [5, 5.41) is 14.5. The highest BCUT2D eigenvalue weighted by Gasteiger charge is 2.39. The minimum atomic E-state index is -4.66. The fourth-order valence-corrected chi connectivity index (χ4v) is 5.38. The summed E-state index contributed by atoms with van der Waals surface area (Å²) in [7, 11) is 0. The maximum absolute atomic E-state index is 13.1. The third kappa shape index (κ3) is 5.94. The molecular weight excluding hydrogens is 491 g/mol. The number of rotatable bonds is 7. The van der Waals surface area contributed by atoms with Gasteiger partial charge in [0.05, 0.1) is 16.6 Å². The molecule has 0 bridgehead atoms. The highest BCUT2D eigenvalue weighted by atomic mass is 79.9. The number of anilines is 1. The number of nitrogens with one attached hydrogen (secondary N) is 1. The average molecular weight is 522 g/mol. The van der Waals surface area contributed by atoms with Crippen LogP contribution in [0.3, 0.4) is 0 Å². The van der Waals surface area contributed by atoms with Crippen molar-refractivity contribution >= 4 is 27.3 Å². The molecule has 1 saturated heterocycles. The van der Waals surface area contributed by atoms with Crippen LogP contribution in [-0.4, -0.2) is 47.2 Å². The van der Waals surface area contributed by atoms with Crippen LogP contribution in [0.25, 0.3) is 0 Å². The molecule has 1 heterocycles. The summed E-state index contributed by atoms with van der Waals surface area (Å²) in [6, 6.07) is 1.75. The number of halogens is 4. The summed E-state index contributed by atoms with van der Waals surface area (Å²) in [5.41, 5.74) is -1.36. The van der Waals surface area contributed by atoms with E-state index in [2.05, 4.69) is 40.0 Å². The van der Waals surface area contributed by atoms with Crippen LogP contribution in [0, 0.1) is 10.1 Å². The lowest BCUT2D eigenvalue weighted by Gasteiger charge is -2.48. The molecule has 1 saturated carbocycles. The van der Waals surface area contributed by atoms with Gasteiger partial charge in [0.15, 0.2) is 0 Å². The van der Waals surface area contributed by atoms with Crippen molar-refractivity contribution in [2.24, 2.45) is 0 Å². The van der Waals surface area contributed by atoms with Crippen molar-refractivity contribution in [2.45, 2.75) is 82.7 Å². The van der Waals surface area contributed by atoms with Crippen molar-refractivity contribution < 1.29 is 22.8 Å². The van der Waals surface area contributed by atoms with Crippen molar-refractivity contribution in [3.05, 3.63) is 32.3 Å². The van der Waals surface area contributed by atoms with E-state index < -0.39 is 22.4 Å². The molecule has 1 aromatic rings. The molecule has 180 valence electrons. The van der Waals surface area contributed by atoms with Crippen LogP contribution in [0.5, 0.6) is 0 Å². The Balaban J connectivity index is 1.61. The van der Waals surface area contributed by atoms with E-state index >= 15 is 0 Å². The maximum Gasteiger partial charge on any atom is 0.417 e. The van der Waals surface area contributed by atoms with E-state index in [9.17, 15) is 23.3 Å². The number of alkyl halides is 3. The van der Waals surface area contributed by atoms with Crippen LogP contribution < -0.4 is 5.32 Å². The van der Waals surface area contributed by atoms with E-state index in [0.717, 1.165) is 64.6 Å². The van der Waals surface area contributed by atoms with Gasteiger partial charge in [-0.05, 0) is 57.9 Å². The Morgan fingerprint density at radius 2 is 1.88 bits per heavy atom. The van der Waals surface area contributed by atoms with Gasteiger partial charge in [-0.25, -0.2) is 0 Å². The average Bonchev–Trinajstić information content (AvgIpc) is 2.73. The zero-order chi connectivity index (χ0) is 23.5. The third-order valence-corrected chi connectivity index (χ3v) is 7.43. The smallest absolute Gasteiger partial charge is 0.378 e. The molecule has 10 heteroatoms. The van der Waals surface area contributed by atoms with E-state index in [4.69, 9.17) is 4.74 Å². The standard InChI is InChI=1S/C22H31BrF3N3O3/c1-3-12-32-16-4-8-21(2,9-5-16)28-10-6-15(7-11-28)27-19-14-18(23)17(22(24,25)26)13-20(19)29(30)31/h13-16,27H,3-12H2,1-2H3/t16-,21-. The van der Waals surface area contributed by atoms with Crippen molar-refractivity contribution in [1.82, 2.24) is 4.90 Å². The van der Waals surface area contributed by atoms with E-state index in [1.807, 2.05) is 0 Å². The van der Waals surface area contributed by atoms with E-state index in [1.165, 1.54) is 6.07 Å². The first kappa shape index (κ1) is 25.2. The van der Waals surface area contributed by atoms with Crippen LogP contribution in [0.2, 0.25) is 0 Å². The van der Waals surface area contributed by atoms with E-state index in [0.29, 0.717) is 12.2 Å². The molecule has 0 radical (unpaired) electrons. The van der Waals surface area contributed by atoms with Gasteiger partial charge in [0.2, 0.25) is 0 Å². The van der Waals surface area contributed by atoms with Gasteiger partial charge in [-0.3, -0.25) is 15.0 Å². The quantitative estimate of drug-likeness (QED) is 0.333. The molecule has 2 fully saturated rings. The van der Waals surface area contributed by atoms with E-state index in [1.54, 1.807) is 0 Å². The lowest BCUT2D eigenvalue weighted by Crippen LogP contribution is -2.53. The Hall–Kier alpha value is -1.39. The molecular formula is C22H31BrF3N3O3. The van der Waals surface area contributed by atoms with Crippen LogP contribution in [-0.2, 0) is 10.9 Å². The Labute approximate surface area is 195 Å². The molecule has 3 rings (SSSR count). The Morgan fingerprint density at radius 1 is 1.25 bits per heavy atom.